The van der Waals surface area contributed by atoms with Gasteiger partial charge in [-0.05, 0) is 70.2 Å². The minimum absolute atomic E-state index is 0.247. The van der Waals surface area contributed by atoms with Crippen molar-refractivity contribution >= 4 is 34.3 Å². The van der Waals surface area contributed by atoms with Crippen molar-refractivity contribution in [2.24, 2.45) is 0 Å². The normalized spacial score (nSPS) is 11.8. The Kier molecular flexibility index (Phi) is 5.09. The summed E-state index contributed by atoms with van der Waals surface area (Å²) < 4.78 is 7.68. The molecule has 0 saturated carbocycles. The molecule has 0 fully saturated rings. The third-order valence-corrected chi connectivity index (χ3v) is 5.36. The number of benzene rings is 2. The Morgan fingerprint density at radius 2 is 1.76 bits per heavy atom. The maximum absolute atomic E-state index is 6.33. The Labute approximate surface area is 195 Å². The van der Waals surface area contributed by atoms with Crippen LogP contribution in [0.15, 0.2) is 59.4 Å². The van der Waals surface area contributed by atoms with Crippen molar-refractivity contribution in [1.82, 2.24) is 29.7 Å². The van der Waals surface area contributed by atoms with Crippen molar-refractivity contribution in [2.45, 2.75) is 33.2 Å². The topological polar surface area (TPSA) is 94.5 Å². The van der Waals surface area contributed by atoms with E-state index in [1.807, 2.05) is 30.3 Å². The zero-order chi connectivity index (χ0) is 23.2. The molecule has 0 radical (unpaired) electrons. The predicted octanol–water partition coefficient (Wildman–Crippen LogP) is 6.00. The Balaban J connectivity index is 1.70. The molecule has 3 heterocycles. The van der Waals surface area contributed by atoms with E-state index in [0.29, 0.717) is 22.7 Å². The van der Waals surface area contributed by atoms with Gasteiger partial charge in [0.25, 0.3) is 5.89 Å². The first-order valence-corrected chi connectivity index (χ1v) is 10.8. The highest BCUT2D eigenvalue weighted by molar-refractivity contribution is 6.31. The summed E-state index contributed by atoms with van der Waals surface area (Å²) in [6, 6.07) is 13.4. The Hall–Kier alpha value is -3.78. The maximum atomic E-state index is 6.33. The average Bonchev–Trinajstić information content (AvgIpc) is 3.37. The van der Waals surface area contributed by atoms with Crippen molar-refractivity contribution in [1.29, 1.82) is 0 Å². The molecule has 2 aromatic carbocycles. The van der Waals surface area contributed by atoms with Crippen LogP contribution in [0.5, 0.6) is 0 Å². The third-order valence-electron chi connectivity index (χ3n) is 5.13. The number of aromatic nitrogens is 6. The number of nitrogens with one attached hydrogen (secondary N) is 1. The highest BCUT2D eigenvalue weighted by Gasteiger charge is 2.25. The second-order valence-corrected chi connectivity index (χ2v) is 9.12. The summed E-state index contributed by atoms with van der Waals surface area (Å²) in [7, 11) is 0. The first-order valence-electron chi connectivity index (χ1n) is 10.5. The van der Waals surface area contributed by atoms with E-state index in [-0.39, 0.29) is 5.54 Å². The van der Waals surface area contributed by atoms with Crippen LogP contribution in [0.3, 0.4) is 0 Å². The molecule has 1 N–H and O–H groups in total. The number of rotatable bonds is 4. The fourth-order valence-corrected chi connectivity index (χ4v) is 3.98. The molecule has 0 aliphatic rings. The molecule has 0 atom stereocenters. The van der Waals surface area contributed by atoms with Gasteiger partial charge in [0.1, 0.15) is 5.82 Å². The van der Waals surface area contributed by atoms with Gasteiger partial charge in [0.05, 0.1) is 16.6 Å². The lowest BCUT2D eigenvalue weighted by atomic mass is 10.0. The molecular formula is C24H22ClN7O. The van der Waals surface area contributed by atoms with Crippen LogP contribution in [0.4, 0.5) is 11.6 Å². The molecular weight excluding hydrogens is 438 g/mol. The molecule has 5 rings (SSSR count). The van der Waals surface area contributed by atoms with Crippen LogP contribution < -0.4 is 5.32 Å². The SMILES string of the molecule is Cc1noc(-c2cc(Cl)ccc2-c2nc3cc(Nc4ncccn4)ccc3n2C(C)(C)C)n1. The molecule has 9 heteroatoms. The van der Waals surface area contributed by atoms with Crippen LogP contribution in [0, 0.1) is 6.92 Å². The van der Waals surface area contributed by atoms with E-state index in [0.717, 1.165) is 33.7 Å². The van der Waals surface area contributed by atoms with Crippen LogP contribution in [0.25, 0.3) is 33.9 Å². The molecule has 0 amide bonds. The average molecular weight is 460 g/mol. The smallest absolute Gasteiger partial charge is 0.258 e. The van der Waals surface area contributed by atoms with E-state index in [9.17, 15) is 0 Å². The number of anilines is 2. The number of hydrogen-bond donors (Lipinski definition) is 1. The maximum Gasteiger partial charge on any atom is 0.258 e. The zero-order valence-electron chi connectivity index (χ0n) is 18.7. The van der Waals surface area contributed by atoms with Gasteiger partial charge in [-0.25, -0.2) is 15.0 Å². The first kappa shape index (κ1) is 21.1. The highest BCUT2D eigenvalue weighted by Crippen LogP contribution is 2.38. The van der Waals surface area contributed by atoms with Gasteiger partial charge in [-0.1, -0.05) is 16.8 Å². The molecule has 0 bridgehead atoms. The second-order valence-electron chi connectivity index (χ2n) is 8.68. The van der Waals surface area contributed by atoms with Gasteiger partial charge >= 0.3 is 0 Å². The number of imidazole rings is 1. The summed E-state index contributed by atoms with van der Waals surface area (Å²) in [6.45, 7) is 8.22. The van der Waals surface area contributed by atoms with Crippen molar-refractivity contribution in [2.75, 3.05) is 5.32 Å². The number of aryl methyl sites for hydroxylation is 1. The van der Waals surface area contributed by atoms with E-state index in [1.54, 1.807) is 25.4 Å². The van der Waals surface area contributed by atoms with Crippen LogP contribution in [0.2, 0.25) is 5.02 Å². The van der Waals surface area contributed by atoms with E-state index >= 15 is 0 Å². The van der Waals surface area contributed by atoms with Crippen LogP contribution in [0.1, 0.15) is 26.6 Å². The number of hydrogen-bond acceptors (Lipinski definition) is 7. The lowest BCUT2D eigenvalue weighted by molar-refractivity contribution is 0.412. The summed E-state index contributed by atoms with van der Waals surface area (Å²) in [5.74, 6) is 2.27. The molecule has 33 heavy (non-hydrogen) atoms. The van der Waals surface area contributed by atoms with Crippen LogP contribution in [-0.2, 0) is 5.54 Å². The molecule has 0 spiro atoms. The van der Waals surface area contributed by atoms with Gasteiger partial charge in [-0.15, -0.1) is 0 Å². The summed E-state index contributed by atoms with van der Waals surface area (Å²) in [6.07, 6.45) is 3.39. The second kappa shape index (κ2) is 7.97. The minimum Gasteiger partial charge on any atom is -0.334 e. The molecule has 5 aromatic rings. The van der Waals surface area contributed by atoms with Crippen LogP contribution in [-0.4, -0.2) is 29.7 Å². The summed E-state index contributed by atoms with van der Waals surface area (Å²) in [5.41, 5.74) is 4.03. The van der Waals surface area contributed by atoms with Crippen molar-refractivity contribution < 1.29 is 4.52 Å². The van der Waals surface area contributed by atoms with E-state index in [1.165, 1.54) is 0 Å². The van der Waals surface area contributed by atoms with Gasteiger partial charge in [0.2, 0.25) is 5.95 Å². The lowest BCUT2D eigenvalue weighted by Gasteiger charge is -2.25. The molecule has 0 unspecified atom stereocenters. The molecule has 166 valence electrons. The van der Waals surface area contributed by atoms with Gasteiger partial charge in [0, 0.05) is 34.2 Å². The van der Waals surface area contributed by atoms with Gasteiger partial charge in [0.15, 0.2) is 5.82 Å². The number of nitrogens with zero attached hydrogens (tertiary/aromatic N) is 6. The van der Waals surface area contributed by atoms with Gasteiger partial charge < -0.3 is 14.4 Å². The minimum atomic E-state index is -0.247. The van der Waals surface area contributed by atoms with Crippen LogP contribution >= 0.6 is 11.6 Å². The van der Waals surface area contributed by atoms with E-state index in [2.05, 4.69) is 56.8 Å². The summed E-state index contributed by atoms with van der Waals surface area (Å²) >= 11 is 6.33. The predicted molar refractivity (Wildman–Crippen MR) is 129 cm³/mol. The fourth-order valence-electron chi connectivity index (χ4n) is 3.81. The van der Waals surface area contributed by atoms with E-state index in [4.69, 9.17) is 21.1 Å². The first-order chi connectivity index (χ1) is 15.8. The van der Waals surface area contributed by atoms with Crippen molar-refractivity contribution in [3.63, 3.8) is 0 Å². The summed E-state index contributed by atoms with van der Waals surface area (Å²) in [4.78, 5) is 17.9. The quantitative estimate of drug-likeness (QED) is 0.352. The molecule has 0 aliphatic carbocycles. The Morgan fingerprint density at radius 3 is 2.45 bits per heavy atom. The summed E-state index contributed by atoms with van der Waals surface area (Å²) in [5, 5.41) is 7.76. The molecule has 8 nitrogen and oxygen atoms in total. The molecule has 0 aliphatic heterocycles. The lowest BCUT2D eigenvalue weighted by Crippen LogP contribution is -2.22. The van der Waals surface area contributed by atoms with Gasteiger partial charge in [-0.3, -0.25) is 0 Å². The molecule has 0 saturated heterocycles. The fraction of sp³-hybridized carbons (Fsp3) is 0.208. The standard InChI is InChI=1S/C24H22ClN7O/c1-14-28-22(33-31-14)18-12-15(25)6-8-17(18)21-30-19-13-16(29-23-26-10-5-11-27-23)7-9-20(19)32(21)24(2,3)4/h5-13H,1-4H3,(H,26,27,29). The Bertz CT molecular complexity index is 1450. The Morgan fingerprint density at radius 1 is 0.970 bits per heavy atom. The van der Waals surface area contributed by atoms with Gasteiger partial charge in [-0.2, -0.15) is 4.98 Å². The zero-order valence-corrected chi connectivity index (χ0v) is 19.4. The molecule has 3 aromatic heterocycles. The monoisotopic (exact) mass is 459 g/mol. The van der Waals surface area contributed by atoms with E-state index < -0.39 is 0 Å². The van der Waals surface area contributed by atoms with Crippen molar-refractivity contribution in [3.8, 4) is 22.8 Å². The van der Waals surface area contributed by atoms with Crippen molar-refractivity contribution in [3.05, 3.63) is 65.7 Å². The third kappa shape index (κ3) is 4.05. The number of halogens is 1. The number of fused-ring (bicyclic) bond motifs is 1. The highest BCUT2D eigenvalue weighted by atomic mass is 35.5. The largest absolute Gasteiger partial charge is 0.334 e.